The number of ether oxygens (including phenoxy) is 1. The highest BCUT2D eigenvalue weighted by Gasteiger charge is 2.33. The van der Waals surface area contributed by atoms with Crippen LogP contribution in [0, 0.1) is 17.6 Å². The van der Waals surface area contributed by atoms with Crippen LogP contribution >= 0.6 is 0 Å². The lowest BCUT2D eigenvalue weighted by Crippen LogP contribution is -2.41. The first-order valence-electron chi connectivity index (χ1n) is 13.1. The number of halogens is 2. The molecular weight excluding hydrogens is 486 g/mol. The molecule has 1 heterocycles. The molecule has 0 fully saturated rings. The van der Waals surface area contributed by atoms with Gasteiger partial charge in [0, 0.05) is 19.5 Å². The van der Waals surface area contributed by atoms with E-state index in [2.05, 4.69) is 5.32 Å². The lowest BCUT2D eigenvalue weighted by Gasteiger charge is -2.38. The number of nitrogens with one attached hydrogen (secondary N) is 1. The average Bonchev–Trinajstić information content (AvgIpc) is 2.89. The van der Waals surface area contributed by atoms with Crippen molar-refractivity contribution in [2.75, 3.05) is 6.54 Å². The summed E-state index contributed by atoms with van der Waals surface area (Å²) in [5.41, 5.74) is 3.28. The van der Waals surface area contributed by atoms with Gasteiger partial charge in [0.15, 0.2) is 6.10 Å². The minimum Gasteiger partial charge on any atom is -0.481 e. The number of rotatable bonds is 9. The van der Waals surface area contributed by atoms with Crippen LogP contribution in [0.5, 0.6) is 5.75 Å². The van der Waals surface area contributed by atoms with Gasteiger partial charge in [0.25, 0.3) is 5.91 Å². The monoisotopic (exact) mass is 520 g/mol. The van der Waals surface area contributed by atoms with Gasteiger partial charge in [-0.05, 0) is 77.4 Å². The molecule has 4 rings (SSSR count). The summed E-state index contributed by atoms with van der Waals surface area (Å²) in [6.45, 7) is 6.59. The number of hydrogen-bond donors (Lipinski definition) is 1. The first kappa shape index (κ1) is 27.3. The van der Waals surface area contributed by atoms with E-state index in [1.807, 2.05) is 49.9 Å². The molecule has 2 amide bonds. The zero-order chi connectivity index (χ0) is 27.2. The molecule has 3 aromatic carbocycles. The third-order valence-corrected chi connectivity index (χ3v) is 6.71. The Kier molecular flexibility index (Phi) is 8.77. The summed E-state index contributed by atoms with van der Waals surface area (Å²) < 4.78 is 33.8. The van der Waals surface area contributed by atoms with Crippen LogP contribution in [0.4, 0.5) is 8.78 Å². The molecule has 0 aromatic heterocycles. The third-order valence-electron chi connectivity index (χ3n) is 6.71. The Morgan fingerprint density at radius 1 is 1.03 bits per heavy atom. The highest BCUT2D eigenvalue weighted by molar-refractivity contribution is 5.81. The fourth-order valence-corrected chi connectivity index (χ4v) is 4.87. The van der Waals surface area contributed by atoms with Crippen molar-refractivity contribution in [1.29, 1.82) is 0 Å². The van der Waals surface area contributed by atoms with Crippen molar-refractivity contribution in [3.8, 4) is 5.75 Å². The highest BCUT2D eigenvalue weighted by atomic mass is 19.1. The molecule has 0 aliphatic carbocycles. The molecule has 1 aliphatic rings. The second-order valence-corrected chi connectivity index (χ2v) is 10.1. The summed E-state index contributed by atoms with van der Waals surface area (Å²) in [6.07, 6.45) is 0.756. The summed E-state index contributed by atoms with van der Waals surface area (Å²) in [5, 5.41) is 2.82. The largest absolute Gasteiger partial charge is 0.481 e. The highest BCUT2D eigenvalue weighted by Crippen LogP contribution is 2.38. The van der Waals surface area contributed by atoms with Gasteiger partial charge < -0.3 is 15.0 Å². The third kappa shape index (κ3) is 6.57. The second-order valence-electron chi connectivity index (χ2n) is 10.1. The molecule has 0 unspecified atom stereocenters. The maximum atomic E-state index is 14.2. The minimum atomic E-state index is -0.753. The van der Waals surface area contributed by atoms with Crippen LogP contribution in [0.15, 0.2) is 66.7 Å². The molecule has 0 radical (unpaired) electrons. The van der Waals surface area contributed by atoms with E-state index in [-0.39, 0.29) is 35.9 Å². The Labute approximate surface area is 222 Å². The van der Waals surface area contributed by atoms with Gasteiger partial charge in [-0.3, -0.25) is 9.59 Å². The fraction of sp³-hybridized carbons (Fsp3) is 0.355. The standard InChI is InChI=1S/C31H34F2N2O3/c1-4-28(31(37)34-19-21-7-5-9-24(32)16-21)38-26-12-11-22-13-14-35(29(36)15-20(2)3)30(27(22)18-26)23-8-6-10-25(33)17-23/h5-12,16-18,20,28,30H,4,13-15,19H2,1-3H3,(H,34,37)/t28-,30+/m0/s1. The summed E-state index contributed by atoms with van der Waals surface area (Å²) >= 11 is 0. The van der Waals surface area contributed by atoms with Gasteiger partial charge in [-0.15, -0.1) is 0 Å². The lowest BCUT2D eigenvalue weighted by atomic mass is 9.87. The van der Waals surface area contributed by atoms with Crippen molar-refractivity contribution in [1.82, 2.24) is 10.2 Å². The molecule has 200 valence electrons. The first-order chi connectivity index (χ1) is 18.2. The molecule has 0 bridgehead atoms. The Morgan fingerprint density at radius 3 is 2.45 bits per heavy atom. The van der Waals surface area contributed by atoms with E-state index in [4.69, 9.17) is 4.74 Å². The maximum Gasteiger partial charge on any atom is 0.261 e. The maximum absolute atomic E-state index is 14.2. The van der Waals surface area contributed by atoms with Crippen LogP contribution < -0.4 is 10.1 Å². The Hall–Kier alpha value is -3.74. The predicted octanol–water partition coefficient (Wildman–Crippen LogP) is 5.96. The summed E-state index contributed by atoms with van der Waals surface area (Å²) in [4.78, 5) is 27.9. The number of amides is 2. The van der Waals surface area contributed by atoms with Crippen LogP contribution in [-0.4, -0.2) is 29.4 Å². The van der Waals surface area contributed by atoms with Crippen LogP contribution in [0.1, 0.15) is 61.9 Å². The number of hydrogen-bond acceptors (Lipinski definition) is 3. The van der Waals surface area contributed by atoms with Crippen molar-refractivity contribution in [2.24, 2.45) is 5.92 Å². The molecule has 1 aliphatic heterocycles. The van der Waals surface area contributed by atoms with Crippen molar-refractivity contribution in [3.63, 3.8) is 0 Å². The summed E-state index contributed by atoms with van der Waals surface area (Å²) in [5.74, 6) is -0.305. The smallest absolute Gasteiger partial charge is 0.261 e. The van der Waals surface area contributed by atoms with Crippen LogP contribution in [0.3, 0.4) is 0 Å². The number of carbonyl (C=O) groups excluding carboxylic acids is 2. The molecule has 1 N–H and O–H groups in total. The van der Waals surface area contributed by atoms with E-state index in [0.29, 0.717) is 42.7 Å². The quantitative estimate of drug-likeness (QED) is 0.379. The van der Waals surface area contributed by atoms with Gasteiger partial charge in [-0.1, -0.05) is 51.1 Å². The Morgan fingerprint density at radius 2 is 1.76 bits per heavy atom. The number of nitrogens with zero attached hydrogens (tertiary/aromatic N) is 1. The molecule has 7 heteroatoms. The molecule has 38 heavy (non-hydrogen) atoms. The topological polar surface area (TPSA) is 58.6 Å². The van der Waals surface area contributed by atoms with Crippen LogP contribution in [0.25, 0.3) is 0 Å². The normalized spacial score (nSPS) is 15.6. The Bertz CT molecular complexity index is 1290. The molecular formula is C31H34F2N2O3. The lowest BCUT2D eigenvalue weighted by molar-refractivity contribution is -0.134. The van der Waals surface area contributed by atoms with Crippen LogP contribution in [0.2, 0.25) is 0 Å². The van der Waals surface area contributed by atoms with Crippen molar-refractivity contribution >= 4 is 11.8 Å². The minimum absolute atomic E-state index is 0.0226. The zero-order valence-corrected chi connectivity index (χ0v) is 22.0. The number of fused-ring (bicyclic) bond motifs is 1. The number of benzene rings is 3. The number of carbonyl (C=O) groups is 2. The summed E-state index contributed by atoms with van der Waals surface area (Å²) in [7, 11) is 0. The summed E-state index contributed by atoms with van der Waals surface area (Å²) in [6, 6.07) is 17.6. The average molecular weight is 521 g/mol. The van der Waals surface area contributed by atoms with Crippen molar-refractivity contribution in [3.05, 3.63) is 101 Å². The molecule has 2 atom stereocenters. The molecule has 5 nitrogen and oxygen atoms in total. The van der Waals surface area contributed by atoms with E-state index < -0.39 is 12.1 Å². The molecule has 0 saturated heterocycles. The Balaban J connectivity index is 1.58. The van der Waals surface area contributed by atoms with E-state index in [0.717, 1.165) is 11.1 Å². The van der Waals surface area contributed by atoms with Crippen molar-refractivity contribution in [2.45, 2.75) is 58.7 Å². The second kappa shape index (κ2) is 12.2. The van der Waals surface area contributed by atoms with Gasteiger partial charge in [-0.2, -0.15) is 0 Å². The first-order valence-corrected chi connectivity index (χ1v) is 13.1. The fourth-order valence-electron chi connectivity index (χ4n) is 4.87. The molecule has 0 spiro atoms. The molecule has 3 aromatic rings. The predicted molar refractivity (Wildman–Crippen MR) is 143 cm³/mol. The zero-order valence-electron chi connectivity index (χ0n) is 22.0. The van der Waals surface area contributed by atoms with E-state index in [1.54, 1.807) is 18.2 Å². The van der Waals surface area contributed by atoms with E-state index in [1.165, 1.54) is 24.3 Å². The van der Waals surface area contributed by atoms with E-state index in [9.17, 15) is 18.4 Å². The van der Waals surface area contributed by atoms with Gasteiger partial charge in [0.2, 0.25) is 5.91 Å². The molecule has 0 saturated carbocycles. The van der Waals surface area contributed by atoms with Gasteiger partial charge in [0.05, 0.1) is 6.04 Å². The van der Waals surface area contributed by atoms with Gasteiger partial charge >= 0.3 is 0 Å². The van der Waals surface area contributed by atoms with Gasteiger partial charge in [-0.25, -0.2) is 8.78 Å². The SMILES string of the molecule is CC[C@H](Oc1ccc2c(c1)[C@@H](c1cccc(F)c1)N(C(=O)CC(C)C)CC2)C(=O)NCc1cccc(F)c1. The van der Waals surface area contributed by atoms with Crippen molar-refractivity contribution < 1.29 is 23.1 Å². The van der Waals surface area contributed by atoms with Gasteiger partial charge in [0.1, 0.15) is 17.4 Å². The van der Waals surface area contributed by atoms with Crippen LogP contribution in [-0.2, 0) is 22.6 Å². The van der Waals surface area contributed by atoms with E-state index >= 15 is 0 Å².